The maximum Gasteiger partial charge on any atom is 0.213 e. The second-order valence-corrected chi connectivity index (χ2v) is 10.3. The molecule has 0 fully saturated rings. The number of rotatable bonds is 6. The van der Waals surface area contributed by atoms with Crippen molar-refractivity contribution in [1.82, 2.24) is 0 Å². The Morgan fingerprint density at radius 1 is 0.919 bits per heavy atom. The molecule has 2 heterocycles. The van der Waals surface area contributed by atoms with E-state index < -0.39 is 10.2 Å². The quantitative estimate of drug-likeness (QED) is 0.284. The second kappa shape index (κ2) is 12.1. The van der Waals surface area contributed by atoms with Crippen LogP contribution >= 0.6 is 11.8 Å². The molecule has 5 rings (SSSR count). The van der Waals surface area contributed by atoms with Crippen molar-refractivity contribution in [3.05, 3.63) is 95.5 Å². The van der Waals surface area contributed by atoms with Crippen LogP contribution in [0.4, 0.5) is 5.69 Å². The molecule has 0 bridgehead atoms. The summed E-state index contributed by atoms with van der Waals surface area (Å²) in [6, 6.07) is 30.1. The van der Waals surface area contributed by atoms with Gasteiger partial charge in [0.2, 0.25) is 11.2 Å². The third-order valence-corrected chi connectivity index (χ3v) is 7.12. The first-order chi connectivity index (χ1) is 17.8. The molecule has 3 aromatic carbocycles. The zero-order valence-electron chi connectivity index (χ0n) is 20.3. The lowest BCUT2D eigenvalue weighted by Crippen LogP contribution is -2.58. The first-order valence-corrected chi connectivity index (χ1v) is 13.8. The average Bonchev–Trinajstić information content (AvgIpc) is 3.22. The molecule has 1 aromatic heterocycles. The Labute approximate surface area is 222 Å². The highest BCUT2D eigenvalue weighted by atomic mass is 35.7. The van der Waals surface area contributed by atoms with Crippen molar-refractivity contribution in [2.45, 2.75) is 17.7 Å². The number of para-hydroxylation sites is 2. The van der Waals surface area contributed by atoms with Crippen LogP contribution in [-0.2, 0) is 7.05 Å². The minimum absolute atomic E-state index is 0.238. The fraction of sp³-hybridized carbons (Fsp3) is 0.179. The molecule has 2 N–H and O–H groups in total. The molecular formula is C28H28ClN2O5S+. The summed E-state index contributed by atoms with van der Waals surface area (Å²) >= 11 is 1.83. The number of hydrogen-bond donors (Lipinski definition) is 2. The lowest BCUT2D eigenvalue weighted by atomic mass is 10.0. The zero-order chi connectivity index (χ0) is 26.4. The number of aliphatic hydroxyl groups is 1. The number of nitrogens with zero attached hydrogens (tertiary/aromatic N) is 2. The van der Waals surface area contributed by atoms with Gasteiger partial charge in [0.1, 0.15) is 7.05 Å². The molecule has 0 amide bonds. The van der Waals surface area contributed by atoms with E-state index in [9.17, 15) is 5.11 Å². The fourth-order valence-electron chi connectivity index (χ4n) is 4.37. The van der Waals surface area contributed by atoms with Gasteiger partial charge in [-0.1, -0.05) is 54.2 Å². The van der Waals surface area contributed by atoms with Crippen molar-refractivity contribution in [2.75, 3.05) is 18.1 Å². The maximum atomic E-state index is 9.28. The highest BCUT2D eigenvalue weighted by Crippen LogP contribution is 2.47. The third-order valence-electron chi connectivity index (χ3n) is 6.00. The molecule has 1 aliphatic rings. The molecule has 9 heteroatoms. The topological polar surface area (TPSA) is 117 Å². The summed E-state index contributed by atoms with van der Waals surface area (Å²) < 4.78 is 35.0. The molecule has 37 heavy (non-hydrogen) atoms. The van der Waals surface area contributed by atoms with Gasteiger partial charge in [0.15, 0.2) is 0 Å². The van der Waals surface area contributed by atoms with Gasteiger partial charge in [-0.25, -0.2) is 0 Å². The smallest absolute Gasteiger partial charge is 0.213 e. The summed E-state index contributed by atoms with van der Waals surface area (Å²) in [7, 11) is -2.55. The molecule has 4 aromatic rings. The van der Waals surface area contributed by atoms with Crippen LogP contribution in [0.2, 0.25) is 0 Å². The highest BCUT2D eigenvalue weighted by Gasteiger charge is 2.25. The van der Waals surface area contributed by atoms with E-state index in [1.54, 1.807) is 0 Å². The normalized spacial score (nSPS) is 14.0. The molecular weight excluding hydrogens is 512 g/mol. The van der Waals surface area contributed by atoms with Gasteiger partial charge in [-0.05, 0) is 54.8 Å². The Balaban J connectivity index is 0.000000586. The van der Waals surface area contributed by atoms with Crippen LogP contribution < -0.4 is 23.4 Å². The average molecular weight is 540 g/mol. The fourth-order valence-corrected chi connectivity index (χ4v) is 5.51. The Hall–Kier alpha value is -2.95. The SMILES string of the molecule is C[n+]1c(-c2ccccc2)cc(C=C2Sc3ccccc3N2CCCCO)c2ccccc21.[O-][Cl+3]([O-])([O-])O. The maximum absolute atomic E-state index is 9.28. The number of pyridine rings is 1. The van der Waals surface area contributed by atoms with Crippen LogP contribution in [-0.4, -0.2) is 22.9 Å². The van der Waals surface area contributed by atoms with Gasteiger partial charge >= 0.3 is 0 Å². The Bertz CT molecular complexity index is 1390. The number of hydrogen-bond acceptors (Lipinski definition) is 7. The Kier molecular flexibility index (Phi) is 8.83. The minimum Gasteiger partial charge on any atom is -0.396 e. The van der Waals surface area contributed by atoms with Crippen LogP contribution in [0.5, 0.6) is 0 Å². The zero-order valence-corrected chi connectivity index (χ0v) is 21.9. The predicted octanol–water partition coefficient (Wildman–Crippen LogP) is 1.89. The molecule has 1 aliphatic heterocycles. The number of aliphatic hydroxyl groups excluding tert-OH is 1. The second-order valence-electron chi connectivity index (χ2n) is 8.46. The molecule has 7 nitrogen and oxygen atoms in total. The van der Waals surface area contributed by atoms with Crippen molar-refractivity contribution < 1.29 is 38.6 Å². The first kappa shape index (κ1) is 27.1. The summed E-state index contributed by atoms with van der Waals surface area (Å²) in [5.41, 5.74) is 6.11. The Morgan fingerprint density at radius 2 is 1.57 bits per heavy atom. The van der Waals surface area contributed by atoms with Crippen LogP contribution in [0, 0.1) is 10.2 Å². The number of benzene rings is 3. The number of aromatic nitrogens is 1. The molecule has 192 valence electrons. The molecule has 0 aliphatic carbocycles. The lowest BCUT2D eigenvalue weighted by Gasteiger charge is -2.20. The summed E-state index contributed by atoms with van der Waals surface area (Å²) in [5.74, 6) is 0. The molecule has 0 unspecified atom stereocenters. The monoisotopic (exact) mass is 539 g/mol. The van der Waals surface area contributed by atoms with Gasteiger partial charge in [-0.2, -0.15) is 18.5 Å². The number of unbranched alkanes of at least 4 members (excludes halogenated alkanes) is 1. The Morgan fingerprint density at radius 3 is 2.30 bits per heavy atom. The van der Waals surface area contributed by atoms with Crippen LogP contribution in [0.1, 0.15) is 18.4 Å². The minimum atomic E-state index is -4.69. The van der Waals surface area contributed by atoms with E-state index in [2.05, 4.69) is 108 Å². The van der Waals surface area contributed by atoms with Crippen molar-refractivity contribution in [2.24, 2.45) is 7.05 Å². The van der Waals surface area contributed by atoms with Gasteiger partial charge in [-0.3, -0.25) is 0 Å². The van der Waals surface area contributed by atoms with E-state index in [0.717, 1.165) is 19.4 Å². The third kappa shape index (κ3) is 6.88. The van der Waals surface area contributed by atoms with Gasteiger partial charge in [0.05, 0.1) is 31.0 Å². The van der Waals surface area contributed by atoms with E-state index >= 15 is 0 Å². The van der Waals surface area contributed by atoms with Crippen molar-refractivity contribution in [1.29, 1.82) is 0 Å². The van der Waals surface area contributed by atoms with Gasteiger partial charge in [0, 0.05) is 35.7 Å². The van der Waals surface area contributed by atoms with Crippen molar-refractivity contribution >= 4 is 34.4 Å². The molecule has 0 spiro atoms. The number of thioether (sulfide) groups is 1. The van der Waals surface area contributed by atoms with Crippen molar-refractivity contribution in [3.63, 3.8) is 0 Å². The standard InChI is InChI=1S/C28H27N2OS.ClHO4/c1-29-24-14-6-5-13-23(24)22(19-26(29)21-11-3-2-4-12-21)20-28-30(17-9-10-18-31)25-15-7-8-16-27(25)32-28;2-1(3,4)5/h2-8,11-16,19-20,31H,9-10,17-18H2,1H3;(H,2,3,4,5)/q+1;. The highest BCUT2D eigenvalue weighted by molar-refractivity contribution is 8.03. The molecule has 0 saturated heterocycles. The number of anilines is 1. The van der Waals surface area contributed by atoms with Crippen molar-refractivity contribution in [3.8, 4) is 11.3 Å². The molecule has 0 atom stereocenters. The number of halogens is 1. The summed E-state index contributed by atoms with van der Waals surface area (Å²) in [6.07, 6.45) is 4.11. The van der Waals surface area contributed by atoms with E-state index in [1.165, 1.54) is 43.3 Å². The molecule has 0 saturated carbocycles. The predicted molar refractivity (Wildman–Crippen MR) is 137 cm³/mol. The number of aryl methyl sites for hydroxylation is 1. The van der Waals surface area contributed by atoms with E-state index in [4.69, 9.17) is 18.6 Å². The largest absolute Gasteiger partial charge is 0.396 e. The van der Waals surface area contributed by atoms with E-state index in [-0.39, 0.29) is 6.61 Å². The van der Waals surface area contributed by atoms with Gasteiger partial charge < -0.3 is 10.0 Å². The van der Waals surface area contributed by atoms with Gasteiger partial charge in [0.25, 0.3) is 0 Å². The van der Waals surface area contributed by atoms with Crippen LogP contribution in [0.3, 0.4) is 0 Å². The summed E-state index contributed by atoms with van der Waals surface area (Å²) in [6.45, 7) is 1.14. The van der Waals surface area contributed by atoms with E-state index in [0.29, 0.717) is 0 Å². The summed E-state index contributed by atoms with van der Waals surface area (Å²) in [4.78, 5) is 3.69. The lowest BCUT2D eigenvalue weighted by molar-refractivity contribution is -1.92. The molecule has 0 radical (unpaired) electrons. The first-order valence-electron chi connectivity index (χ1n) is 11.7. The van der Waals surface area contributed by atoms with E-state index in [1.807, 2.05) is 11.8 Å². The summed E-state index contributed by atoms with van der Waals surface area (Å²) in [5, 5.41) is 11.8. The van der Waals surface area contributed by atoms with Crippen LogP contribution in [0.15, 0.2) is 94.9 Å². The van der Waals surface area contributed by atoms with Gasteiger partial charge in [-0.15, -0.1) is 0 Å². The van der Waals surface area contributed by atoms with Crippen LogP contribution in [0.25, 0.3) is 28.2 Å². The number of fused-ring (bicyclic) bond motifs is 2.